The Labute approximate surface area is 299 Å². The first-order valence-electron chi connectivity index (χ1n) is 21.0. The number of benzene rings is 7. The van der Waals surface area contributed by atoms with Crippen molar-refractivity contribution >= 4 is 21.9 Å². The van der Waals surface area contributed by atoms with E-state index in [4.69, 9.17) is 29.0 Å². The van der Waals surface area contributed by atoms with Gasteiger partial charge in [-0.3, -0.25) is 0 Å². The lowest BCUT2D eigenvalue weighted by Gasteiger charge is -2.14. The van der Waals surface area contributed by atoms with E-state index in [1.165, 1.54) is 0 Å². The van der Waals surface area contributed by atoms with Gasteiger partial charge in [0, 0.05) is 27.5 Å². The number of aromatic nitrogens is 3. The first-order valence-corrected chi connectivity index (χ1v) is 15.5. The Morgan fingerprint density at radius 3 is 1.76 bits per heavy atom. The minimum absolute atomic E-state index is 0.103. The maximum absolute atomic E-state index is 9.46. The molecule has 9 rings (SSSR count). The monoisotopic (exact) mass is 638 g/mol. The van der Waals surface area contributed by atoms with E-state index in [1.807, 2.05) is 103 Å². The number of hydrogen-bond acceptors (Lipinski definition) is 4. The second-order valence-corrected chi connectivity index (χ2v) is 11.2. The van der Waals surface area contributed by atoms with Crippen molar-refractivity contribution in [3.8, 4) is 67.5 Å². The highest BCUT2D eigenvalue weighted by Crippen LogP contribution is 2.37. The van der Waals surface area contributed by atoms with Crippen LogP contribution in [0, 0.1) is 0 Å². The van der Waals surface area contributed by atoms with E-state index in [0.29, 0.717) is 11.1 Å². The van der Waals surface area contributed by atoms with Crippen LogP contribution in [0.15, 0.2) is 180 Å². The van der Waals surface area contributed by atoms with E-state index in [9.17, 15) is 5.48 Å². The van der Waals surface area contributed by atoms with Crippen LogP contribution in [0.3, 0.4) is 0 Å². The number of rotatable bonds is 6. The maximum atomic E-state index is 9.46. The summed E-state index contributed by atoms with van der Waals surface area (Å²) in [6, 6.07) is 28.2. The molecule has 0 aliphatic heterocycles. The molecule has 0 saturated heterocycles. The van der Waals surface area contributed by atoms with Crippen molar-refractivity contribution in [2.75, 3.05) is 0 Å². The van der Waals surface area contributed by atoms with Gasteiger partial charge in [-0.1, -0.05) is 139 Å². The number of furan rings is 1. The van der Waals surface area contributed by atoms with Gasteiger partial charge >= 0.3 is 0 Å². The van der Waals surface area contributed by atoms with Gasteiger partial charge in [0.05, 0.1) is 15.1 Å². The van der Waals surface area contributed by atoms with Crippen LogP contribution in [0.25, 0.3) is 89.5 Å². The molecule has 2 aromatic heterocycles. The summed E-state index contributed by atoms with van der Waals surface area (Å²) in [6.45, 7) is 0. The van der Waals surface area contributed by atoms with Gasteiger partial charge in [0.25, 0.3) is 0 Å². The zero-order valence-corrected chi connectivity index (χ0v) is 25.6. The van der Waals surface area contributed by atoms with Gasteiger partial charge < -0.3 is 4.42 Å². The molecule has 0 amide bonds. The first-order chi connectivity index (χ1) is 28.9. The van der Waals surface area contributed by atoms with E-state index in [1.54, 1.807) is 0 Å². The molecule has 9 aromatic rings. The van der Waals surface area contributed by atoms with Crippen LogP contribution < -0.4 is 0 Å². The molecular weight excluding hydrogens is 599 g/mol. The van der Waals surface area contributed by atoms with Crippen LogP contribution in [-0.4, -0.2) is 15.0 Å². The lowest BCUT2D eigenvalue weighted by Crippen LogP contribution is -2.01. The number of hydrogen-bond donors (Lipinski definition) is 0. The SMILES string of the molecule is [2H]c1c([2H])c([2H])c(-c2c([2H])c([2H])c3oc4c([2H])c(-c5nc(-c6ccccc6)nc(-c6ccc(-c7ccccc7)cc6-c6ccccc6)n5)c([2H])c([2H])c4c3c2[2H])c([2H])c1[2H]. The molecule has 0 unspecified atom stereocenters. The molecule has 0 N–H and O–H groups in total. The third-order valence-electron chi connectivity index (χ3n) is 8.10. The van der Waals surface area contributed by atoms with Gasteiger partial charge in [0.1, 0.15) is 11.2 Å². The molecular formula is C45H29N3O. The van der Waals surface area contributed by atoms with Crippen LogP contribution in [0.2, 0.25) is 0 Å². The standard InChI is InChI=1S/C45H29N3O/c1-5-13-30(14-6-1)34-21-25-38(39(27-34)32-17-9-3-10-18-32)45-47-43(33-19-11-4-12-20-33)46-44(48-45)36-22-24-37-40-28-35(31-15-7-2-8-16-31)23-26-41(40)49-42(37)29-36/h1-29H/i2D,7D,8D,15D,16D,22D,23D,24D,26D,28D,29D. The summed E-state index contributed by atoms with van der Waals surface area (Å²) in [7, 11) is 0. The smallest absolute Gasteiger partial charge is 0.164 e. The number of fused-ring (bicyclic) bond motifs is 3. The summed E-state index contributed by atoms with van der Waals surface area (Å²) < 4.78 is 103. The molecule has 0 spiro atoms. The first kappa shape index (κ1) is 19.2. The molecule has 2 heterocycles. The molecule has 0 aliphatic carbocycles. The average Bonchev–Trinajstić information content (AvgIpc) is 3.70. The van der Waals surface area contributed by atoms with Crippen LogP contribution in [0.5, 0.6) is 0 Å². The predicted octanol–water partition coefficient (Wildman–Crippen LogP) is 11.8. The van der Waals surface area contributed by atoms with Crippen molar-refractivity contribution in [3.05, 3.63) is 176 Å². The predicted molar refractivity (Wildman–Crippen MR) is 200 cm³/mol. The third-order valence-corrected chi connectivity index (χ3v) is 8.10. The molecule has 0 saturated carbocycles. The zero-order chi connectivity index (χ0) is 42.1. The van der Waals surface area contributed by atoms with Crippen LogP contribution in [-0.2, 0) is 0 Å². The van der Waals surface area contributed by atoms with Gasteiger partial charge in [-0.05, 0) is 69.7 Å². The summed E-state index contributed by atoms with van der Waals surface area (Å²) in [6.07, 6.45) is 0. The molecule has 230 valence electrons. The second-order valence-electron chi connectivity index (χ2n) is 11.2. The molecule has 4 heteroatoms. The molecule has 0 radical (unpaired) electrons. The van der Waals surface area contributed by atoms with E-state index in [2.05, 4.69) is 6.07 Å². The van der Waals surface area contributed by atoms with Crippen LogP contribution in [0.4, 0.5) is 0 Å². The average molecular weight is 639 g/mol. The molecule has 0 atom stereocenters. The van der Waals surface area contributed by atoms with Crippen LogP contribution >= 0.6 is 0 Å². The fourth-order valence-corrected chi connectivity index (χ4v) is 5.73. The molecule has 49 heavy (non-hydrogen) atoms. The normalized spacial score (nSPS) is 14.4. The second kappa shape index (κ2) is 12.2. The Hall–Kier alpha value is -6.65. The lowest BCUT2D eigenvalue weighted by molar-refractivity contribution is 0.669. The van der Waals surface area contributed by atoms with Crippen molar-refractivity contribution in [2.45, 2.75) is 0 Å². The van der Waals surface area contributed by atoms with Crippen molar-refractivity contribution in [3.63, 3.8) is 0 Å². The Morgan fingerprint density at radius 1 is 0.388 bits per heavy atom. The largest absolute Gasteiger partial charge is 0.456 e. The van der Waals surface area contributed by atoms with E-state index < -0.39 is 77.6 Å². The van der Waals surface area contributed by atoms with E-state index >= 15 is 0 Å². The molecule has 0 fully saturated rings. The molecule has 7 aromatic carbocycles. The molecule has 0 bridgehead atoms. The molecule has 4 nitrogen and oxygen atoms in total. The summed E-state index contributed by atoms with van der Waals surface area (Å²) in [5, 5.41) is -0.394. The van der Waals surface area contributed by atoms with Crippen molar-refractivity contribution < 1.29 is 19.5 Å². The fourth-order valence-electron chi connectivity index (χ4n) is 5.73. The van der Waals surface area contributed by atoms with Gasteiger partial charge in [0.15, 0.2) is 17.5 Å². The van der Waals surface area contributed by atoms with Crippen molar-refractivity contribution in [1.29, 1.82) is 0 Å². The lowest BCUT2D eigenvalue weighted by atomic mass is 9.94. The summed E-state index contributed by atoms with van der Waals surface area (Å²) in [4.78, 5) is 14.5. The van der Waals surface area contributed by atoms with Gasteiger partial charge in [-0.15, -0.1) is 0 Å². The van der Waals surface area contributed by atoms with Gasteiger partial charge in [-0.25, -0.2) is 15.0 Å². The highest BCUT2D eigenvalue weighted by Gasteiger charge is 2.18. The minimum atomic E-state index is -0.684. The Morgan fingerprint density at radius 2 is 1.02 bits per heavy atom. The van der Waals surface area contributed by atoms with Crippen molar-refractivity contribution in [2.24, 2.45) is 0 Å². The fraction of sp³-hybridized carbons (Fsp3) is 0. The minimum Gasteiger partial charge on any atom is -0.456 e. The van der Waals surface area contributed by atoms with Crippen LogP contribution in [0.1, 0.15) is 15.1 Å². The highest BCUT2D eigenvalue weighted by atomic mass is 16.3. The van der Waals surface area contributed by atoms with E-state index in [0.717, 1.165) is 22.3 Å². The Balaban J connectivity index is 1.31. The van der Waals surface area contributed by atoms with Gasteiger partial charge in [-0.2, -0.15) is 0 Å². The number of nitrogens with zero attached hydrogens (tertiary/aromatic N) is 3. The third kappa shape index (κ3) is 5.45. The Bertz CT molecular complexity index is 3190. The van der Waals surface area contributed by atoms with E-state index in [-0.39, 0.29) is 45.0 Å². The zero-order valence-electron chi connectivity index (χ0n) is 36.6. The highest BCUT2D eigenvalue weighted by molar-refractivity contribution is 6.07. The molecule has 0 aliphatic rings. The summed E-state index contributed by atoms with van der Waals surface area (Å²) in [5.74, 6) is 0.367. The van der Waals surface area contributed by atoms with Gasteiger partial charge in [0.2, 0.25) is 0 Å². The maximum Gasteiger partial charge on any atom is 0.164 e. The topological polar surface area (TPSA) is 51.8 Å². The summed E-state index contributed by atoms with van der Waals surface area (Å²) in [5.41, 5.74) is 3.25. The Kier molecular flexibility index (Phi) is 4.78. The summed E-state index contributed by atoms with van der Waals surface area (Å²) >= 11 is 0. The van der Waals surface area contributed by atoms with Crippen molar-refractivity contribution in [1.82, 2.24) is 15.0 Å². The quantitative estimate of drug-likeness (QED) is 0.182.